The minimum Gasteiger partial charge on any atom is -0.336 e. The zero-order valence-corrected chi connectivity index (χ0v) is 13.9. The average Bonchev–Trinajstić information content (AvgIpc) is 2.67. The van der Waals surface area contributed by atoms with E-state index in [9.17, 15) is 9.59 Å². The molecule has 1 fully saturated rings. The summed E-state index contributed by atoms with van der Waals surface area (Å²) >= 11 is 0. The lowest BCUT2D eigenvalue weighted by atomic mass is 10.1. The van der Waals surface area contributed by atoms with E-state index >= 15 is 0 Å². The Hall–Kier alpha value is -2.11. The first-order valence-electron chi connectivity index (χ1n) is 7.48. The number of carbonyl (C=O) groups is 2. The Kier molecular flexibility index (Phi) is 4.39. The molecule has 1 saturated heterocycles. The van der Waals surface area contributed by atoms with Gasteiger partial charge >= 0.3 is 6.03 Å². The molecule has 3 amide bonds. The molecule has 0 spiro atoms. The van der Waals surface area contributed by atoms with E-state index in [1.54, 1.807) is 4.90 Å². The van der Waals surface area contributed by atoms with Crippen molar-refractivity contribution in [2.45, 2.75) is 52.6 Å². The van der Waals surface area contributed by atoms with E-state index in [4.69, 9.17) is 0 Å². The van der Waals surface area contributed by atoms with Gasteiger partial charge in [-0.2, -0.15) is 0 Å². The standard InChI is InChI=1S/C16H24N4O2/c1-10-6-11(2)17-13(7-10)19-15(22)18-12-8-14(21)20(9-12)16(3,4)5/h6-7,12H,8-9H2,1-5H3,(H2,17,18,19,22)/t12-/m0/s1. The molecule has 0 aromatic carbocycles. The maximum atomic E-state index is 12.1. The van der Waals surface area contributed by atoms with Gasteiger partial charge in [-0.15, -0.1) is 0 Å². The Morgan fingerprint density at radius 1 is 1.32 bits per heavy atom. The van der Waals surface area contributed by atoms with E-state index in [0.29, 0.717) is 18.8 Å². The summed E-state index contributed by atoms with van der Waals surface area (Å²) in [5.74, 6) is 0.592. The molecule has 0 radical (unpaired) electrons. The number of hydrogen-bond acceptors (Lipinski definition) is 3. The highest BCUT2D eigenvalue weighted by molar-refractivity contribution is 5.89. The molecular weight excluding hydrogens is 280 g/mol. The molecule has 2 heterocycles. The van der Waals surface area contributed by atoms with E-state index in [1.165, 1.54) is 0 Å². The van der Waals surface area contributed by atoms with Crippen LogP contribution in [0.25, 0.3) is 0 Å². The normalized spacial score (nSPS) is 18.5. The van der Waals surface area contributed by atoms with Gasteiger partial charge in [0.2, 0.25) is 5.91 Å². The zero-order chi connectivity index (χ0) is 16.5. The fourth-order valence-electron chi connectivity index (χ4n) is 2.70. The topological polar surface area (TPSA) is 74.3 Å². The van der Waals surface area contributed by atoms with Crippen LogP contribution in [0.4, 0.5) is 10.6 Å². The van der Waals surface area contributed by atoms with Gasteiger partial charge in [0.15, 0.2) is 0 Å². The number of hydrogen-bond donors (Lipinski definition) is 2. The van der Waals surface area contributed by atoms with Gasteiger partial charge in [0.05, 0.1) is 6.04 Å². The number of amides is 3. The first-order chi connectivity index (χ1) is 10.1. The Morgan fingerprint density at radius 3 is 2.55 bits per heavy atom. The molecular formula is C16H24N4O2. The van der Waals surface area contributed by atoms with Gasteiger partial charge in [-0.3, -0.25) is 10.1 Å². The molecule has 0 aliphatic carbocycles. The third-order valence-corrected chi connectivity index (χ3v) is 3.61. The second kappa shape index (κ2) is 5.94. The predicted molar refractivity (Wildman–Crippen MR) is 85.7 cm³/mol. The summed E-state index contributed by atoms with van der Waals surface area (Å²) in [5.41, 5.74) is 1.67. The minimum atomic E-state index is -0.328. The highest BCUT2D eigenvalue weighted by Gasteiger charge is 2.36. The van der Waals surface area contributed by atoms with Crippen LogP contribution in [0.3, 0.4) is 0 Å². The van der Waals surface area contributed by atoms with Crippen molar-refractivity contribution in [2.24, 2.45) is 0 Å². The van der Waals surface area contributed by atoms with Crippen LogP contribution in [0.2, 0.25) is 0 Å². The van der Waals surface area contributed by atoms with Gasteiger partial charge < -0.3 is 10.2 Å². The number of nitrogens with one attached hydrogen (secondary N) is 2. The van der Waals surface area contributed by atoms with Crippen LogP contribution in [-0.2, 0) is 4.79 Å². The minimum absolute atomic E-state index is 0.0716. The molecule has 22 heavy (non-hydrogen) atoms. The predicted octanol–water partition coefficient (Wildman–Crippen LogP) is 2.22. The summed E-state index contributed by atoms with van der Waals surface area (Å²) in [5, 5.41) is 5.57. The Balaban J connectivity index is 1.94. The highest BCUT2D eigenvalue weighted by atomic mass is 16.2. The summed E-state index contributed by atoms with van der Waals surface area (Å²) in [7, 11) is 0. The van der Waals surface area contributed by atoms with Gasteiger partial charge in [-0.25, -0.2) is 9.78 Å². The van der Waals surface area contributed by atoms with Crippen LogP contribution in [0.15, 0.2) is 12.1 Å². The number of aromatic nitrogens is 1. The molecule has 1 aliphatic heterocycles. The van der Waals surface area contributed by atoms with Gasteiger partial charge in [0.25, 0.3) is 0 Å². The SMILES string of the molecule is Cc1cc(C)nc(NC(=O)N[C@H]2CC(=O)N(C(C)(C)C)C2)c1. The van der Waals surface area contributed by atoms with Crippen molar-refractivity contribution in [1.29, 1.82) is 0 Å². The van der Waals surface area contributed by atoms with Crippen molar-refractivity contribution in [1.82, 2.24) is 15.2 Å². The Labute approximate surface area is 131 Å². The summed E-state index contributed by atoms with van der Waals surface area (Å²) < 4.78 is 0. The van der Waals surface area contributed by atoms with Crippen LogP contribution in [0.5, 0.6) is 0 Å². The van der Waals surface area contributed by atoms with Gasteiger partial charge in [-0.05, 0) is 52.3 Å². The highest BCUT2D eigenvalue weighted by Crippen LogP contribution is 2.21. The summed E-state index contributed by atoms with van der Waals surface area (Å²) in [6.07, 6.45) is 0.338. The van der Waals surface area contributed by atoms with E-state index in [2.05, 4.69) is 15.6 Å². The third kappa shape index (κ3) is 3.96. The van der Waals surface area contributed by atoms with E-state index in [1.807, 2.05) is 46.8 Å². The second-order valence-electron chi connectivity index (χ2n) is 6.85. The number of carbonyl (C=O) groups excluding carboxylic acids is 2. The molecule has 6 nitrogen and oxygen atoms in total. The lowest BCUT2D eigenvalue weighted by Gasteiger charge is -2.32. The lowest BCUT2D eigenvalue weighted by Crippen LogP contribution is -2.45. The summed E-state index contributed by atoms with van der Waals surface area (Å²) in [6, 6.07) is 3.26. The number of pyridine rings is 1. The van der Waals surface area contributed by atoms with Crippen molar-refractivity contribution in [3.63, 3.8) is 0 Å². The summed E-state index contributed by atoms with van der Waals surface area (Å²) in [4.78, 5) is 30.1. The number of aryl methyl sites for hydroxylation is 2. The molecule has 2 N–H and O–H groups in total. The average molecular weight is 304 g/mol. The fraction of sp³-hybridized carbons (Fsp3) is 0.562. The van der Waals surface area contributed by atoms with Crippen molar-refractivity contribution < 1.29 is 9.59 Å². The Bertz CT molecular complexity index is 572. The number of anilines is 1. The van der Waals surface area contributed by atoms with E-state index in [0.717, 1.165) is 11.3 Å². The zero-order valence-electron chi connectivity index (χ0n) is 13.9. The van der Waals surface area contributed by atoms with Crippen LogP contribution in [0.1, 0.15) is 38.4 Å². The smallest absolute Gasteiger partial charge is 0.320 e. The molecule has 1 aliphatic rings. The van der Waals surface area contributed by atoms with E-state index < -0.39 is 0 Å². The summed E-state index contributed by atoms with van der Waals surface area (Å²) in [6.45, 7) is 10.4. The maximum absolute atomic E-state index is 12.1. The molecule has 120 valence electrons. The van der Waals surface area contributed by atoms with Crippen LogP contribution in [-0.4, -0.2) is 39.9 Å². The molecule has 0 saturated carbocycles. The fourth-order valence-corrected chi connectivity index (χ4v) is 2.70. The third-order valence-electron chi connectivity index (χ3n) is 3.61. The number of nitrogens with zero attached hydrogens (tertiary/aromatic N) is 2. The molecule has 1 atom stereocenters. The van der Waals surface area contributed by atoms with E-state index in [-0.39, 0.29) is 23.5 Å². The first-order valence-corrected chi connectivity index (χ1v) is 7.48. The first kappa shape index (κ1) is 16.3. The largest absolute Gasteiger partial charge is 0.336 e. The van der Waals surface area contributed by atoms with Crippen LogP contribution < -0.4 is 10.6 Å². The van der Waals surface area contributed by atoms with Crippen LogP contribution >= 0.6 is 0 Å². The quantitative estimate of drug-likeness (QED) is 0.880. The molecule has 1 aromatic rings. The van der Waals surface area contributed by atoms with Crippen molar-refractivity contribution in [3.05, 3.63) is 23.4 Å². The number of likely N-dealkylation sites (tertiary alicyclic amines) is 1. The molecule has 2 rings (SSSR count). The van der Waals surface area contributed by atoms with Gasteiger partial charge in [0.1, 0.15) is 5.82 Å². The van der Waals surface area contributed by atoms with Gasteiger partial charge in [0, 0.05) is 24.2 Å². The van der Waals surface area contributed by atoms with Crippen molar-refractivity contribution in [3.8, 4) is 0 Å². The lowest BCUT2D eigenvalue weighted by molar-refractivity contribution is -0.131. The molecule has 1 aromatic heterocycles. The molecule has 0 bridgehead atoms. The Morgan fingerprint density at radius 2 is 2.00 bits per heavy atom. The molecule has 6 heteroatoms. The number of rotatable bonds is 2. The second-order valence-corrected chi connectivity index (χ2v) is 6.85. The number of urea groups is 1. The van der Waals surface area contributed by atoms with Crippen LogP contribution in [0, 0.1) is 13.8 Å². The van der Waals surface area contributed by atoms with Crippen molar-refractivity contribution in [2.75, 3.05) is 11.9 Å². The van der Waals surface area contributed by atoms with Crippen molar-refractivity contribution >= 4 is 17.8 Å². The maximum Gasteiger partial charge on any atom is 0.320 e. The molecule has 0 unspecified atom stereocenters. The van der Waals surface area contributed by atoms with Gasteiger partial charge in [-0.1, -0.05) is 0 Å². The monoisotopic (exact) mass is 304 g/mol.